The molecule has 114 valence electrons. The third kappa shape index (κ3) is 5.74. The quantitative estimate of drug-likeness (QED) is 0.389. The molecule has 0 heterocycles. The molecule has 0 amide bonds. The van der Waals surface area contributed by atoms with E-state index in [0.29, 0.717) is 6.42 Å². The number of hydrogen-bond acceptors (Lipinski definition) is 2. The number of carbonyl (C=O) groups is 2. The molecular weight excluding hydrogens is 267 g/mol. The molecule has 0 atom stereocenters. The van der Waals surface area contributed by atoms with Gasteiger partial charge < -0.3 is 10.2 Å². The Morgan fingerprint density at radius 1 is 0.850 bits per heavy atom. The molecule has 0 aliphatic carbocycles. The molecule has 0 aromatic carbocycles. The van der Waals surface area contributed by atoms with E-state index in [0.717, 1.165) is 25.7 Å². The summed E-state index contributed by atoms with van der Waals surface area (Å²) in [6.45, 7) is 7.20. The third-order valence-corrected chi connectivity index (χ3v) is 3.92. The molecule has 5 heteroatoms. The summed E-state index contributed by atoms with van der Waals surface area (Å²) in [5.41, 5.74) is -2.48. The fourth-order valence-corrected chi connectivity index (χ4v) is 2.49. The van der Waals surface area contributed by atoms with Gasteiger partial charge >= 0.3 is 41.5 Å². The maximum absolute atomic E-state index is 11.5. The van der Waals surface area contributed by atoms with Crippen LogP contribution >= 0.6 is 0 Å². The van der Waals surface area contributed by atoms with Crippen LogP contribution in [0.15, 0.2) is 0 Å². The summed E-state index contributed by atoms with van der Waals surface area (Å²) in [5.74, 6) is -2.44. The number of aliphatic carboxylic acids is 2. The molecule has 0 spiro atoms. The second-order valence-electron chi connectivity index (χ2n) is 6.28. The van der Waals surface area contributed by atoms with Crippen molar-refractivity contribution >= 4 is 41.5 Å². The molecule has 0 saturated carbocycles. The molecule has 0 rings (SSSR count). The monoisotopic (exact) mass is 296 g/mol. The molecule has 0 aromatic heterocycles. The molecular formula is C15H29NaO4. The van der Waals surface area contributed by atoms with Crippen molar-refractivity contribution in [2.75, 3.05) is 0 Å². The Hall–Kier alpha value is -0.0600. The van der Waals surface area contributed by atoms with Crippen LogP contribution in [-0.2, 0) is 9.59 Å². The Morgan fingerprint density at radius 2 is 1.25 bits per heavy atom. The van der Waals surface area contributed by atoms with Gasteiger partial charge in [-0.25, -0.2) is 0 Å². The molecule has 0 radical (unpaired) electrons. The van der Waals surface area contributed by atoms with Gasteiger partial charge in [0.15, 0.2) is 5.41 Å². The first-order valence-corrected chi connectivity index (χ1v) is 7.17. The van der Waals surface area contributed by atoms with Crippen LogP contribution in [0.4, 0.5) is 0 Å². The minimum atomic E-state index is -1.68. The summed E-state index contributed by atoms with van der Waals surface area (Å²) < 4.78 is 0. The number of hydrogen-bond donors (Lipinski definition) is 2. The van der Waals surface area contributed by atoms with Gasteiger partial charge in [-0.2, -0.15) is 0 Å². The first-order valence-electron chi connectivity index (χ1n) is 7.17. The van der Waals surface area contributed by atoms with Gasteiger partial charge in [0.05, 0.1) is 0 Å². The average Bonchev–Trinajstić information content (AvgIpc) is 2.25. The van der Waals surface area contributed by atoms with E-state index in [-0.39, 0.29) is 36.0 Å². The van der Waals surface area contributed by atoms with E-state index in [1.54, 1.807) is 20.8 Å². The van der Waals surface area contributed by atoms with Crippen molar-refractivity contribution in [3.63, 3.8) is 0 Å². The molecule has 0 fully saturated rings. The van der Waals surface area contributed by atoms with Gasteiger partial charge in [0.1, 0.15) is 0 Å². The second-order valence-corrected chi connectivity index (χ2v) is 6.28. The van der Waals surface area contributed by atoms with Crippen LogP contribution in [0.1, 0.15) is 72.6 Å². The summed E-state index contributed by atoms with van der Waals surface area (Å²) in [4.78, 5) is 23.0. The van der Waals surface area contributed by atoms with Crippen LogP contribution in [0, 0.1) is 10.8 Å². The van der Waals surface area contributed by atoms with E-state index in [1.807, 2.05) is 0 Å². The zero-order chi connectivity index (χ0) is 15.1. The van der Waals surface area contributed by atoms with Crippen LogP contribution < -0.4 is 0 Å². The Balaban J connectivity index is 0. The molecule has 4 nitrogen and oxygen atoms in total. The Morgan fingerprint density at radius 3 is 1.60 bits per heavy atom. The van der Waals surface area contributed by atoms with Gasteiger partial charge in [-0.15, -0.1) is 0 Å². The van der Waals surface area contributed by atoms with Crippen LogP contribution in [-0.4, -0.2) is 51.7 Å². The summed E-state index contributed by atoms with van der Waals surface area (Å²) in [6, 6.07) is 0. The normalized spacial score (nSPS) is 11.8. The Kier molecular flexibility index (Phi) is 10.9. The van der Waals surface area contributed by atoms with E-state index in [1.165, 1.54) is 6.42 Å². The minimum absolute atomic E-state index is 0. The van der Waals surface area contributed by atoms with E-state index in [9.17, 15) is 19.8 Å². The van der Waals surface area contributed by atoms with E-state index in [4.69, 9.17) is 0 Å². The molecule has 0 saturated heterocycles. The number of rotatable bonds is 9. The van der Waals surface area contributed by atoms with Gasteiger partial charge in [0.2, 0.25) is 0 Å². The van der Waals surface area contributed by atoms with Gasteiger partial charge in [-0.05, 0) is 11.8 Å². The molecule has 20 heavy (non-hydrogen) atoms. The van der Waals surface area contributed by atoms with Crippen LogP contribution in [0.5, 0.6) is 0 Å². The second kappa shape index (κ2) is 9.80. The summed E-state index contributed by atoms with van der Waals surface area (Å²) >= 11 is 0. The number of carboxylic acid groups (broad SMARTS) is 2. The van der Waals surface area contributed by atoms with Gasteiger partial charge in [0, 0.05) is 0 Å². The number of unbranched alkanes of at least 4 members (excludes halogenated alkanes) is 5. The maximum atomic E-state index is 11.5. The van der Waals surface area contributed by atoms with Gasteiger partial charge in [0.25, 0.3) is 0 Å². The molecule has 2 N–H and O–H groups in total. The van der Waals surface area contributed by atoms with E-state index < -0.39 is 22.8 Å². The molecule has 0 aliphatic rings. The third-order valence-electron chi connectivity index (χ3n) is 3.92. The van der Waals surface area contributed by atoms with Crippen LogP contribution in [0.25, 0.3) is 0 Å². The fourth-order valence-electron chi connectivity index (χ4n) is 2.49. The summed E-state index contributed by atoms with van der Waals surface area (Å²) in [7, 11) is 0. The van der Waals surface area contributed by atoms with Crippen LogP contribution in [0.3, 0.4) is 0 Å². The van der Waals surface area contributed by atoms with Crippen molar-refractivity contribution in [3.8, 4) is 0 Å². The van der Waals surface area contributed by atoms with Crippen molar-refractivity contribution in [3.05, 3.63) is 0 Å². The molecule has 0 aliphatic heterocycles. The van der Waals surface area contributed by atoms with Crippen molar-refractivity contribution in [2.24, 2.45) is 10.8 Å². The summed E-state index contributed by atoms with van der Waals surface area (Å²) in [5, 5.41) is 18.8. The number of carboxylic acids is 2. The van der Waals surface area contributed by atoms with Crippen molar-refractivity contribution in [2.45, 2.75) is 72.6 Å². The van der Waals surface area contributed by atoms with Gasteiger partial charge in [-0.3, -0.25) is 9.59 Å². The molecule has 0 unspecified atom stereocenters. The first kappa shape index (κ1) is 22.2. The predicted molar refractivity (Wildman–Crippen MR) is 82.3 cm³/mol. The standard InChI is InChI=1S/C15H28O4.Na.H/c1-5-6-7-8-9-10-11-15(12(16)17,13(18)19)14(2,3)4;;/h5-11H2,1-4H3,(H,16,17)(H,18,19);;. The van der Waals surface area contributed by atoms with E-state index in [2.05, 4.69) is 6.92 Å². The summed E-state index contributed by atoms with van der Waals surface area (Å²) in [6.07, 6.45) is 6.29. The van der Waals surface area contributed by atoms with Gasteiger partial charge in [-0.1, -0.05) is 66.2 Å². The molecule has 0 bridgehead atoms. The fraction of sp³-hybridized carbons (Fsp3) is 0.867. The predicted octanol–water partition coefficient (Wildman–Crippen LogP) is 3.29. The van der Waals surface area contributed by atoms with Crippen LogP contribution in [0.2, 0.25) is 0 Å². The van der Waals surface area contributed by atoms with E-state index >= 15 is 0 Å². The van der Waals surface area contributed by atoms with Crippen molar-refractivity contribution < 1.29 is 19.8 Å². The Labute approximate surface area is 144 Å². The SMILES string of the molecule is CCCCCCCCC(C(=O)O)(C(=O)O)C(C)(C)C.[NaH]. The zero-order valence-corrected chi connectivity index (χ0v) is 12.7. The molecule has 0 aromatic rings. The van der Waals surface area contributed by atoms with Crippen molar-refractivity contribution in [1.29, 1.82) is 0 Å². The first-order chi connectivity index (χ1) is 8.70. The van der Waals surface area contributed by atoms with Crippen molar-refractivity contribution in [1.82, 2.24) is 0 Å². The Bertz CT molecular complexity index is 293. The topological polar surface area (TPSA) is 74.6 Å². The zero-order valence-electron chi connectivity index (χ0n) is 12.7. The average molecular weight is 296 g/mol.